The molecule has 3 nitrogen and oxygen atoms in total. The first-order chi connectivity index (χ1) is 10.8. The van der Waals surface area contributed by atoms with Gasteiger partial charge in [0.05, 0.1) is 12.2 Å². The molecule has 0 N–H and O–H groups in total. The predicted octanol–water partition coefficient (Wildman–Crippen LogP) is 3.55. The summed E-state index contributed by atoms with van der Waals surface area (Å²) in [6, 6.07) is 6.69. The Kier molecular flexibility index (Phi) is 2.80. The zero-order valence-electron chi connectivity index (χ0n) is 14.2. The molecular formula is C19H23FN2O. The van der Waals surface area contributed by atoms with E-state index in [4.69, 9.17) is 0 Å². The molecule has 1 unspecified atom stereocenters. The van der Waals surface area contributed by atoms with Gasteiger partial charge in [0.25, 0.3) is 5.56 Å². The lowest BCUT2D eigenvalue weighted by molar-refractivity contribution is 0.215. The maximum atomic E-state index is 14.0. The molecular weight excluding hydrogens is 291 g/mol. The van der Waals surface area contributed by atoms with Gasteiger partial charge >= 0.3 is 0 Å². The number of aromatic nitrogens is 2. The fraction of sp³-hybridized carbons (Fsp3) is 0.526. The van der Waals surface area contributed by atoms with Crippen LogP contribution in [0.2, 0.25) is 0 Å². The zero-order chi connectivity index (χ0) is 16.6. The fourth-order valence-corrected chi connectivity index (χ4v) is 5.04. The van der Waals surface area contributed by atoms with Crippen LogP contribution in [0.3, 0.4) is 0 Å². The van der Waals surface area contributed by atoms with E-state index in [2.05, 4.69) is 20.8 Å². The van der Waals surface area contributed by atoms with Gasteiger partial charge in [-0.15, -0.1) is 0 Å². The van der Waals surface area contributed by atoms with Crippen LogP contribution in [0.1, 0.15) is 56.4 Å². The van der Waals surface area contributed by atoms with Crippen molar-refractivity contribution in [3.05, 3.63) is 57.3 Å². The van der Waals surface area contributed by atoms with Gasteiger partial charge in [-0.25, -0.2) is 9.07 Å². The summed E-state index contributed by atoms with van der Waals surface area (Å²) in [6.07, 6.45) is 2.20. The molecule has 1 fully saturated rings. The van der Waals surface area contributed by atoms with Crippen molar-refractivity contribution in [1.82, 2.24) is 9.36 Å². The van der Waals surface area contributed by atoms with Crippen LogP contribution in [0.15, 0.2) is 29.1 Å². The summed E-state index contributed by atoms with van der Waals surface area (Å²) in [6.45, 7) is 7.14. The second-order valence-electron chi connectivity index (χ2n) is 7.89. The molecule has 2 aliphatic rings. The van der Waals surface area contributed by atoms with E-state index < -0.39 is 0 Å². The van der Waals surface area contributed by atoms with Crippen LogP contribution >= 0.6 is 0 Å². The van der Waals surface area contributed by atoms with E-state index in [1.165, 1.54) is 11.8 Å². The van der Waals surface area contributed by atoms with E-state index in [9.17, 15) is 9.18 Å². The third-order valence-corrected chi connectivity index (χ3v) is 6.78. The van der Waals surface area contributed by atoms with Gasteiger partial charge in [-0.05, 0) is 30.2 Å². The van der Waals surface area contributed by atoms with Gasteiger partial charge in [-0.2, -0.15) is 0 Å². The number of halogens is 1. The topological polar surface area (TPSA) is 26.9 Å². The molecule has 2 aliphatic carbocycles. The van der Waals surface area contributed by atoms with Crippen molar-refractivity contribution >= 4 is 0 Å². The monoisotopic (exact) mass is 314 g/mol. The van der Waals surface area contributed by atoms with Gasteiger partial charge in [0.2, 0.25) is 0 Å². The molecule has 2 atom stereocenters. The van der Waals surface area contributed by atoms with Crippen molar-refractivity contribution < 1.29 is 4.39 Å². The van der Waals surface area contributed by atoms with E-state index in [1.807, 2.05) is 17.8 Å². The van der Waals surface area contributed by atoms with Crippen molar-refractivity contribution in [2.24, 2.45) is 12.5 Å². The van der Waals surface area contributed by atoms with Crippen molar-refractivity contribution in [3.63, 3.8) is 0 Å². The van der Waals surface area contributed by atoms with E-state index in [0.29, 0.717) is 11.5 Å². The molecule has 2 bridgehead atoms. The predicted molar refractivity (Wildman–Crippen MR) is 88.3 cm³/mol. The molecule has 23 heavy (non-hydrogen) atoms. The largest absolute Gasteiger partial charge is 0.289 e. The molecule has 4 rings (SSSR count). The van der Waals surface area contributed by atoms with Crippen molar-refractivity contribution in [2.45, 2.75) is 51.5 Å². The summed E-state index contributed by atoms with van der Waals surface area (Å²) in [4.78, 5) is 13.0. The normalized spacial score (nSPS) is 27.4. The molecule has 0 aliphatic heterocycles. The highest BCUT2D eigenvalue weighted by atomic mass is 19.1. The minimum absolute atomic E-state index is 0.0292. The number of fused-ring (bicyclic) bond motifs is 5. The van der Waals surface area contributed by atoms with Gasteiger partial charge < -0.3 is 0 Å². The molecule has 0 radical (unpaired) electrons. The zero-order valence-corrected chi connectivity index (χ0v) is 14.2. The number of nitrogens with zero attached hydrogens (tertiary/aromatic N) is 2. The summed E-state index contributed by atoms with van der Waals surface area (Å²) in [5.41, 5.74) is 2.91. The Morgan fingerprint density at radius 1 is 1.26 bits per heavy atom. The molecule has 4 heteroatoms. The summed E-state index contributed by atoms with van der Waals surface area (Å²) >= 11 is 0. The lowest BCUT2D eigenvalue weighted by Crippen LogP contribution is -2.35. The van der Waals surface area contributed by atoms with Gasteiger partial charge in [-0.3, -0.25) is 9.48 Å². The van der Waals surface area contributed by atoms with Gasteiger partial charge in [-0.1, -0.05) is 39.0 Å². The minimum Gasteiger partial charge on any atom is -0.289 e. The summed E-state index contributed by atoms with van der Waals surface area (Å²) in [5.74, 6) is 0.0679. The smallest absolute Gasteiger partial charge is 0.270 e. The Labute approximate surface area is 135 Å². The third-order valence-electron chi connectivity index (χ3n) is 6.78. The van der Waals surface area contributed by atoms with Crippen molar-refractivity contribution in [1.29, 1.82) is 0 Å². The highest BCUT2D eigenvalue weighted by Crippen LogP contribution is 2.66. The Bertz CT molecular complexity index is 861. The standard InChI is InChI=1S/C19H23FN2O/c1-18(2)13-9-10-19(18,3)16-15(13)17(23)22(21(16)4)11-12-7-5-6-8-14(12)20/h5-8,13H,9-11H2,1-4H3/t13-,19?/m1/s1. The lowest BCUT2D eigenvalue weighted by Gasteiger charge is -2.36. The van der Waals surface area contributed by atoms with Crippen LogP contribution in [-0.4, -0.2) is 9.36 Å². The lowest BCUT2D eigenvalue weighted by atomic mass is 9.70. The molecule has 0 amide bonds. The highest BCUT2D eigenvalue weighted by Gasteiger charge is 2.62. The van der Waals surface area contributed by atoms with E-state index in [0.717, 1.165) is 18.4 Å². The van der Waals surface area contributed by atoms with Crippen LogP contribution in [0, 0.1) is 11.2 Å². The second kappa shape index (κ2) is 4.37. The molecule has 0 spiro atoms. The fourth-order valence-electron chi connectivity index (χ4n) is 5.04. The van der Waals surface area contributed by atoms with Crippen LogP contribution in [0.5, 0.6) is 0 Å². The second-order valence-corrected chi connectivity index (χ2v) is 7.89. The molecule has 0 saturated heterocycles. The number of hydrogen-bond acceptors (Lipinski definition) is 1. The Morgan fingerprint density at radius 3 is 2.61 bits per heavy atom. The van der Waals surface area contributed by atoms with E-state index in [-0.39, 0.29) is 28.8 Å². The average molecular weight is 314 g/mol. The Balaban J connectivity index is 1.88. The summed E-state index contributed by atoms with van der Waals surface area (Å²) in [5, 5.41) is 0. The first kappa shape index (κ1) is 14.7. The van der Waals surface area contributed by atoms with Gasteiger partial charge in [0, 0.05) is 23.6 Å². The van der Waals surface area contributed by atoms with Crippen LogP contribution in [0.25, 0.3) is 0 Å². The quantitative estimate of drug-likeness (QED) is 0.833. The molecule has 1 aromatic carbocycles. The first-order valence-corrected chi connectivity index (χ1v) is 8.32. The molecule has 1 saturated carbocycles. The van der Waals surface area contributed by atoms with E-state index in [1.54, 1.807) is 16.8 Å². The average Bonchev–Trinajstić information content (AvgIpc) is 2.95. The number of hydrogen-bond donors (Lipinski definition) is 0. The van der Waals surface area contributed by atoms with E-state index >= 15 is 0 Å². The molecule has 122 valence electrons. The van der Waals surface area contributed by atoms with Crippen LogP contribution in [-0.2, 0) is 19.0 Å². The van der Waals surface area contributed by atoms with Crippen LogP contribution < -0.4 is 5.56 Å². The van der Waals surface area contributed by atoms with Crippen molar-refractivity contribution in [3.8, 4) is 0 Å². The summed E-state index contributed by atoms with van der Waals surface area (Å²) < 4.78 is 17.7. The van der Waals surface area contributed by atoms with Gasteiger partial charge in [0.15, 0.2) is 0 Å². The summed E-state index contributed by atoms with van der Waals surface area (Å²) in [7, 11) is 1.95. The maximum absolute atomic E-state index is 14.0. The first-order valence-electron chi connectivity index (χ1n) is 8.32. The molecule has 1 heterocycles. The number of rotatable bonds is 2. The van der Waals surface area contributed by atoms with Crippen molar-refractivity contribution in [2.75, 3.05) is 0 Å². The Hall–Kier alpha value is -1.84. The third kappa shape index (κ3) is 1.62. The number of benzene rings is 1. The minimum atomic E-state index is -0.254. The molecule has 2 aromatic rings. The van der Waals surface area contributed by atoms with Crippen LogP contribution in [0.4, 0.5) is 4.39 Å². The van der Waals surface area contributed by atoms with Gasteiger partial charge in [0.1, 0.15) is 5.82 Å². The SMILES string of the molecule is Cn1c2c(c(=O)n1Cc1ccccc1F)[C@H]1CCC2(C)C1(C)C. The highest BCUT2D eigenvalue weighted by molar-refractivity contribution is 5.45. The maximum Gasteiger partial charge on any atom is 0.270 e. The molecule has 1 aromatic heterocycles. The Morgan fingerprint density at radius 2 is 1.96 bits per heavy atom.